The number of nitrogens with zero attached hydrogens (tertiary/aromatic N) is 2. The summed E-state index contributed by atoms with van der Waals surface area (Å²) in [6.07, 6.45) is 1.95. The lowest BCUT2D eigenvalue weighted by Gasteiger charge is -2.03. The van der Waals surface area contributed by atoms with Gasteiger partial charge in [0.25, 0.3) is 5.69 Å². The predicted molar refractivity (Wildman–Crippen MR) is 81.1 cm³/mol. The Morgan fingerprint density at radius 3 is 2.52 bits per heavy atom. The number of aromatic nitrogens is 1. The van der Waals surface area contributed by atoms with Crippen molar-refractivity contribution in [3.8, 4) is 0 Å². The van der Waals surface area contributed by atoms with Gasteiger partial charge < -0.3 is 0 Å². The summed E-state index contributed by atoms with van der Waals surface area (Å²) >= 11 is 0. The van der Waals surface area contributed by atoms with E-state index in [9.17, 15) is 10.1 Å². The molecule has 3 rings (SSSR count). The number of rotatable bonds is 3. The highest BCUT2D eigenvalue weighted by Crippen LogP contribution is 2.22. The van der Waals surface area contributed by atoms with Crippen molar-refractivity contribution in [1.82, 2.24) is 0 Å². The van der Waals surface area contributed by atoms with E-state index in [4.69, 9.17) is 0 Å². The number of fused-ring (bicyclic) bond motifs is 1. The molecule has 4 heteroatoms. The fourth-order valence-corrected chi connectivity index (χ4v) is 2.47. The minimum Gasteiger partial charge on any atom is -0.258 e. The molecular weight excluding hydrogens is 264 g/mol. The van der Waals surface area contributed by atoms with E-state index in [-0.39, 0.29) is 10.6 Å². The van der Waals surface area contributed by atoms with E-state index >= 15 is 0 Å². The molecule has 0 bridgehead atoms. The molecule has 104 valence electrons. The van der Waals surface area contributed by atoms with Crippen molar-refractivity contribution < 1.29 is 9.49 Å². The summed E-state index contributed by atoms with van der Waals surface area (Å²) in [5, 5.41) is 11.8. The fraction of sp³-hybridized carbons (Fsp3) is 0.118. The van der Waals surface area contributed by atoms with Gasteiger partial charge in [-0.15, -0.1) is 0 Å². The zero-order valence-corrected chi connectivity index (χ0v) is 11.7. The topological polar surface area (TPSA) is 47.0 Å². The quantitative estimate of drug-likeness (QED) is 0.419. The van der Waals surface area contributed by atoms with Crippen LogP contribution in [0.5, 0.6) is 0 Å². The lowest BCUT2D eigenvalue weighted by Crippen LogP contribution is -2.34. The van der Waals surface area contributed by atoms with Crippen molar-refractivity contribution in [3.63, 3.8) is 0 Å². The summed E-state index contributed by atoms with van der Waals surface area (Å²) in [5.41, 5.74) is 3.40. The van der Waals surface area contributed by atoms with Crippen LogP contribution in [0.1, 0.15) is 11.1 Å². The van der Waals surface area contributed by atoms with Gasteiger partial charge in [-0.2, -0.15) is 4.57 Å². The molecule has 1 heterocycles. The van der Waals surface area contributed by atoms with Crippen LogP contribution in [0, 0.1) is 17.0 Å². The zero-order chi connectivity index (χ0) is 14.8. The van der Waals surface area contributed by atoms with Crippen LogP contribution in [0.4, 0.5) is 5.69 Å². The molecule has 3 aromatic rings. The van der Waals surface area contributed by atoms with Crippen LogP contribution < -0.4 is 4.57 Å². The summed E-state index contributed by atoms with van der Waals surface area (Å²) in [6, 6.07) is 17.1. The number of nitro groups is 1. The summed E-state index contributed by atoms with van der Waals surface area (Å²) in [6.45, 7) is 2.75. The average Bonchev–Trinajstić information content (AvgIpc) is 2.49. The third-order valence-electron chi connectivity index (χ3n) is 3.57. The molecule has 0 N–H and O–H groups in total. The molecule has 0 atom stereocenters. The van der Waals surface area contributed by atoms with Crippen molar-refractivity contribution in [3.05, 3.63) is 82.0 Å². The lowest BCUT2D eigenvalue weighted by atomic mass is 10.1. The van der Waals surface area contributed by atoms with Gasteiger partial charge >= 0.3 is 0 Å². The molecule has 0 saturated heterocycles. The van der Waals surface area contributed by atoms with Gasteiger partial charge in [0, 0.05) is 23.8 Å². The molecule has 0 spiro atoms. The first-order valence-corrected chi connectivity index (χ1v) is 6.76. The third-order valence-corrected chi connectivity index (χ3v) is 3.57. The molecule has 0 saturated carbocycles. The van der Waals surface area contributed by atoms with Gasteiger partial charge in [-0.3, -0.25) is 10.1 Å². The Labute approximate surface area is 122 Å². The molecule has 0 radical (unpaired) electrons. The second-order valence-electron chi connectivity index (χ2n) is 5.09. The Morgan fingerprint density at radius 2 is 1.81 bits per heavy atom. The summed E-state index contributed by atoms with van der Waals surface area (Å²) in [5.74, 6) is 0. The largest absolute Gasteiger partial charge is 0.283 e. The van der Waals surface area contributed by atoms with E-state index in [1.165, 1.54) is 11.1 Å². The van der Waals surface area contributed by atoms with Crippen LogP contribution >= 0.6 is 0 Å². The summed E-state index contributed by atoms with van der Waals surface area (Å²) in [7, 11) is 0. The van der Waals surface area contributed by atoms with Gasteiger partial charge in [-0.05, 0) is 19.1 Å². The van der Waals surface area contributed by atoms with E-state index in [0.29, 0.717) is 11.9 Å². The number of non-ortho nitro benzene ring substituents is 1. The van der Waals surface area contributed by atoms with E-state index in [2.05, 4.69) is 31.2 Å². The molecule has 21 heavy (non-hydrogen) atoms. The Balaban J connectivity index is 2.09. The van der Waals surface area contributed by atoms with Crippen molar-refractivity contribution in [1.29, 1.82) is 0 Å². The second-order valence-corrected chi connectivity index (χ2v) is 5.09. The maximum absolute atomic E-state index is 11.1. The molecule has 0 aliphatic rings. The molecule has 1 aromatic heterocycles. The first-order valence-electron chi connectivity index (χ1n) is 6.76. The van der Waals surface area contributed by atoms with Crippen LogP contribution in [0.15, 0.2) is 60.8 Å². The van der Waals surface area contributed by atoms with E-state index in [1.807, 2.05) is 22.9 Å². The highest BCUT2D eigenvalue weighted by Gasteiger charge is 2.17. The Hall–Kier alpha value is -2.75. The van der Waals surface area contributed by atoms with Crippen LogP contribution in [0.3, 0.4) is 0 Å². The first-order chi connectivity index (χ1) is 10.1. The summed E-state index contributed by atoms with van der Waals surface area (Å²) in [4.78, 5) is 10.8. The molecule has 0 unspecified atom stereocenters. The molecule has 0 aliphatic carbocycles. The lowest BCUT2D eigenvalue weighted by molar-refractivity contribution is -0.662. The Kier molecular flexibility index (Phi) is 3.36. The van der Waals surface area contributed by atoms with Gasteiger partial charge in [0.2, 0.25) is 5.52 Å². The van der Waals surface area contributed by atoms with Crippen molar-refractivity contribution in [2.24, 2.45) is 0 Å². The van der Waals surface area contributed by atoms with Crippen molar-refractivity contribution in [2.75, 3.05) is 0 Å². The monoisotopic (exact) mass is 279 g/mol. The van der Waals surface area contributed by atoms with Crippen LogP contribution in [-0.2, 0) is 6.54 Å². The number of hydrogen-bond donors (Lipinski definition) is 0. The van der Waals surface area contributed by atoms with Gasteiger partial charge in [0.1, 0.15) is 5.39 Å². The van der Waals surface area contributed by atoms with Gasteiger partial charge in [-0.1, -0.05) is 29.8 Å². The molecule has 0 fully saturated rings. The van der Waals surface area contributed by atoms with E-state index in [0.717, 1.165) is 5.52 Å². The van der Waals surface area contributed by atoms with Gasteiger partial charge in [-0.25, -0.2) is 0 Å². The second kappa shape index (κ2) is 5.32. The van der Waals surface area contributed by atoms with Gasteiger partial charge in [0.05, 0.1) is 4.92 Å². The van der Waals surface area contributed by atoms with Crippen LogP contribution in [0.2, 0.25) is 0 Å². The van der Waals surface area contributed by atoms with E-state index in [1.54, 1.807) is 18.2 Å². The first kappa shape index (κ1) is 13.2. The third kappa shape index (κ3) is 2.60. The molecule has 0 amide bonds. The number of aryl methyl sites for hydroxylation is 1. The van der Waals surface area contributed by atoms with Crippen molar-refractivity contribution in [2.45, 2.75) is 13.5 Å². The normalized spacial score (nSPS) is 10.7. The Morgan fingerprint density at radius 1 is 1.05 bits per heavy atom. The number of hydrogen-bond acceptors (Lipinski definition) is 2. The molecular formula is C17H15N2O2+. The predicted octanol–water partition coefficient (Wildman–Crippen LogP) is 3.39. The highest BCUT2D eigenvalue weighted by molar-refractivity contribution is 5.85. The van der Waals surface area contributed by atoms with Crippen molar-refractivity contribution >= 4 is 16.6 Å². The minimum atomic E-state index is -0.335. The minimum absolute atomic E-state index is 0.144. The smallest absolute Gasteiger partial charge is 0.258 e. The number of nitro benzene ring substituents is 1. The van der Waals surface area contributed by atoms with E-state index < -0.39 is 0 Å². The SMILES string of the molecule is Cc1ccc(C[n+]2cccc3c([N+](=O)[O-])cccc32)cc1. The molecule has 2 aromatic carbocycles. The molecule has 0 aliphatic heterocycles. The molecule has 4 nitrogen and oxygen atoms in total. The fourth-order valence-electron chi connectivity index (χ4n) is 2.47. The standard InChI is InChI=1S/C17H15N2O2/c1-13-7-9-14(10-8-13)12-18-11-3-4-15-16(18)5-2-6-17(15)19(20)21/h2-11H,12H2,1H3/q+1. The van der Waals surface area contributed by atoms with Crippen LogP contribution in [-0.4, -0.2) is 4.92 Å². The summed E-state index contributed by atoms with van der Waals surface area (Å²) < 4.78 is 2.03. The average molecular weight is 279 g/mol. The van der Waals surface area contributed by atoms with Crippen LogP contribution in [0.25, 0.3) is 10.9 Å². The maximum atomic E-state index is 11.1. The zero-order valence-electron chi connectivity index (χ0n) is 11.7. The van der Waals surface area contributed by atoms with Gasteiger partial charge in [0.15, 0.2) is 12.7 Å². The maximum Gasteiger partial charge on any atom is 0.283 e. The highest BCUT2D eigenvalue weighted by atomic mass is 16.6. The number of pyridine rings is 1. The number of benzene rings is 2. The Bertz CT molecular complexity index is 811.